The molecule has 0 radical (unpaired) electrons. The lowest BCUT2D eigenvalue weighted by atomic mass is 10.1. The van der Waals surface area contributed by atoms with E-state index in [1.165, 1.54) is 0 Å². The van der Waals surface area contributed by atoms with Crippen LogP contribution in [0, 0.1) is 0 Å². The second-order valence-corrected chi connectivity index (χ2v) is 7.57. The number of thiazole rings is 1. The quantitative estimate of drug-likeness (QED) is 0.572. The van der Waals surface area contributed by atoms with Crippen LogP contribution in [0.25, 0.3) is 16.0 Å². The molecule has 0 fully saturated rings. The van der Waals surface area contributed by atoms with Crippen molar-refractivity contribution in [2.75, 3.05) is 0 Å². The van der Waals surface area contributed by atoms with E-state index >= 15 is 0 Å². The highest BCUT2D eigenvalue weighted by Gasteiger charge is 2.21. The molecule has 4 rings (SSSR count). The van der Waals surface area contributed by atoms with E-state index in [1.807, 2.05) is 56.3 Å². The molecule has 1 amide bonds. The van der Waals surface area contributed by atoms with Crippen molar-refractivity contribution >= 4 is 27.5 Å². The van der Waals surface area contributed by atoms with Crippen LogP contribution in [0.2, 0.25) is 0 Å². The first-order valence-corrected chi connectivity index (χ1v) is 9.57. The zero-order chi connectivity index (χ0) is 18.8. The molecule has 0 unspecified atom stereocenters. The number of fused-ring (bicyclic) bond motifs is 1. The Morgan fingerprint density at radius 3 is 2.74 bits per heavy atom. The van der Waals surface area contributed by atoms with E-state index in [-0.39, 0.29) is 11.8 Å². The summed E-state index contributed by atoms with van der Waals surface area (Å²) in [5.41, 5.74) is 2.37. The number of pyridine rings is 1. The minimum absolute atomic E-state index is 0.123. The van der Waals surface area contributed by atoms with Gasteiger partial charge in [0.1, 0.15) is 5.01 Å². The molecule has 0 aliphatic heterocycles. The van der Waals surface area contributed by atoms with E-state index in [2.05, 4.69) is 20.4 Å². The van der Waals surface area contributed by atoms with Crippen LogP contribution in [0.15, 0.2) is 54.9 Å². The zero-order valence-corrected chi connectivity index (χ0v) is 15.9. The summed E-state index contributed by atoms with van der Waals surface area (Å²) >= 11 is 1.59. The summed E-state index contributed by atoms with van der Waals surface area (Å²) < 4.78 is 2.85. The second kappa shape index (κ2) is 7.28. The minimum Gasteiger partial charge on any atom is -0.345 e. The second-order valence-electron chi connectivity index (χ2n) is 6.46. The largest absolute Gasteiger partial charge is 0.345 e. The van der Waals surface area contributed by atoms with Gasteiger partial charge in [-0.3, -0.25) is 4.79 Å². The highest BCUT2D eigenvalue weighted by Crippen LogP contribution is 2.23. The van der Waals surface area contributed by atoms with Crippen molar-refractivity contribution in [3.63, 3.8) is 0 Å². The Morgan fingerprint density at radius 1 is 1.19 bits per heavy atom. The van der Waals surface area contributed by atoms with Gasteiger partial charge in [-0.2, -0.15) is 5.10 Å². The molecular formula is C20H19N5OS. The lowest BCUT2D eigenvalue weighted by Gasteiger charge is -2.12. The number of nitrogens with one attached hydrogen (secondary N) is 1. The molecule has 0 saturated carbocycles. The van der Waals surface area contributed by atoms with Gasteiger partial charge in [0.15, 0.2) is 5.82 Å². The molecule has 136 valence electrons. The number of hydrogen-bond donors (Lipinski definition) is 1. The Morgan fingerprint density at radius 2 is 2.00 bits per heavy atom. The minimum atomic E-state index is -0.153. The van der Waals surface area contributed by atoms with Gasteiger partial charge in [-0.25, -0.2) is 14.6 Å². The first kappa shape index (κ1) is 17.4. The standard InChI is InChI=1S/C20H19N5OS/c1-13(2)19-14(11-23-25(19)17-9-5-6-10-21-17)20(26)22-12-18-24-15-7-3-4-8-16(15)27-18/h3-11,13H,12H2,1-2H3,(H,22,26). The van der Waals surface area contributed by atoms with Gasteiger partial charge in [-0.1, -0.05) is 32.0 Å². The lowest BCUT2D eigenvalue weighted by molar-refractivity contribution is 0.0949. The number of carbonyl (C=O) groups excluding carboxylic acids is 1. The van der Waals surface area contributed by atoms with Gasteiger partial charge in [0.05, 0.1) is 34.2 Å². The number of benzene rings is 1. The van der Waals surface area contributed by atoms with Crippen LogP contribution in [-0.4, -0.2) is 25.7 Å². The fourth-order valence-corrected chi connectivity index (χ4v) is 3.90. The molecule has 0 aliphatic rings. The summed E-state index contributed by atoms with van der Waals surface area (Å²) in [7, 11) is 0. The van der Waals surface area contributed by atoms with Crippen molar-refractivity contribution in [3.8, 4) is 5.82 Å². The normalized spacial score (nSPS) is 11.2. The molecule has 6 nitrogen and oxygen atoms in total. The summed E-state index contributed by atoms with van der Waals surface area (Å²) in [6.07, 6.45) is 3.33. The zero-order valence-electron chi connectivity index (χ0n) is 15.1. The van der Waals surface area contributed by atoms with Crippen LogP contribution in [-0.2, 0) is 6.54 Å². The highest BCUT2D eigenvalue weighted by molar-refractivity contribution is 7.18. The molecule has 27 heavy (non-hydrogen) atoms. The SMILES string of the molecule is CC(C)c1c(C(=O)NCc2nc3ccccc3s2)cnn1-c1ccccn1. The third-order valence-electron chi connectivity index (χ3n) is 4.20. The fraction of sp³-hybridized carbons (Fsp3) is 0.200. The number of nitrogens with zero attached hydrogens (tertiary/aromatic N) is 4. The average Bonchev–Trinajstić information content (AvgIpc) is 3.31. The van der Waals surface area contributed by atoms with Gasteiger partial charge in [0.25, 0.3) is 5.91 Å². The topological polar surface area (TPSA) is 72.7 Å². The van der Waals surface area contributed by atoms with Crippen LogP contribution in [0.4, 0.5) is 0 Å². The molecule has 3 heterocycles. The summed E-state index contributed by atoms with van der Waals surface area (Å²) in [5.74, 6) is 0.671. The predicted octanol–water partition coefficient (Wildman–Crippen LogP) is 3.93. The number of para-hydroxylation sites is 1. The molecule has 0 atom stereocenters. The van der Waals surface area contributed by atoms with Gasteiger partial charge in [0.2, 0.25) is 0 Å². The Kier molecular flexibility index (Phi) is 4.68. The molecule has 7 heteroatoms. The molecule has 3 aromatic heterocycles. The number of aromatic nitrogens is 4. The van der Waals surface area contributed by atoms with Crippen molar-refractivity contribution in [2.24, 2.45) is 0 Å². The van der Waals surface area contributed by atoms with Crippen LogP contribution >= 0.6 is 11.3 Å². The summed E-state index contributed by atoms with van der Waals surface area (Å²) in [5, 5.41) is 8.25. The first-order chi connectivity index (χ1) is 13.1. The third-order valence-corrected chi connectivity index (χ3v) is 5.24. The van der Waals surface area contributed by atoms with Gasteiger partial charge in [-0.15, -0.1) is 11.3 Å². The third kappa shape index (κ3) is 3.46. The smallest absolute Gasteiger partial charge is 0.255 e. The molecule has 1 N–H and O–H groups in total. The van der Waals surface area contributed by atoms with Crippen molar-refractivity contribution in [2.45, 2.75) is 26.3 Å². The van der Waals surface area contributed by atoms with E-state index in [4.69, 9.17) is 0 Å². The van der Waals surface area contributed by atoms with Gasteiger partial charge < -0.3 is 5.32 Å². The number of amides is 1. The average molecular weight is 377 g/mol. The van der Waals surface area contributed by atoms with E-state index in [1.54, 1.807) is 28.4 Å². The molecule has 4 aromatic rings. The Hall–Kier alpha value is -3.06. The maximum atomic E-state index is 12.8. The van der Waals surface area contributed by atoms with Gasteiger partial charge >= 0.3 is 0 Å². The lowest BCUT2D eigenvalue weighted by Crippen LogP contribution is -2.24. The van der Waals surface area contributed by atoms with Crippen LogP contribution in [0.5, 0.6) is 0 Å². The highest BCUT2D eigenvalue weighted by atomic mass is 32.1. The molecule has 0 saturated heterocycles. The summed E-state index contributed by atoms with van der Waals surface area (Å²) in [6.45, 7) is 4.48. The van der Waals surface area contributed by atoms with Gasteiger partial charge in [0, 0.05) is 6.20 Å². The van der Waals surface area contributed by atoms with E-state index < -0.39 is 0 Å². The van der Waals surface area contributed by atoms with Gasteiger partial charge in [-0.05, 0) is 30.2 Å². The molecule has 1 aromatic carbocycles. The Balaban J connectivity index is 1.57. The van der Waals surface area contributed by atoms with E-state index in [0.29, 0.717) is 17.9 Å². The predicted molar refractivity (Wildman–Crippen MR) is 106 cm³/mol. The molecule has 0 bridgehead atoms. The summed E-state index contributed by atoms with van der Waals surface area (Å²) in [6, 6.07) is 13.6. The van der Waals surface area contributed by atoms with E-state index in [9.17, 15) is 4.79 Å². The number of rotatable bonds is 5. The number of hydrogen-bond acceptors (Lipinski definition) is 5. The van der Waals surface area contributed by atoms with Crippen molar-refractivity contribution in [3.05, 3.63) is 71.1 Å². The maximum Gasteiger partial charge on any atom is 0.255 e. The summed E-state index contributed by atoms with van der Waals surface area (Å²) in [4.78, 5) is 21.7. The van der Waals surface area contributed by atoms with Crippen LogP contribution < -0.4 is 5.32 Å². The first-order valence-electron chi connectivity index (χ1n) is 8.75. The molecule has 0 spiro atoms. The van der Waals surface area contributed by atoms with Crippen LogP contribution in [0.3, 0.4) is 0 Å². The molecular weight excluding hydrogens is 358 g/mol. The van der Waals surface area contributed by atoms with Crippen molar-refractivity contribution in [1.82, 2.24) is 25.1 Å². The van der Waals surface area contributed by atoms with Crippen molar-refractivity contribution < 1.29 is 4.79 Å². The Labute approximate surface area is 160 Å². The van der Waals surface area contributed by atoms with Crippen LogP contribution in [0.1, 0.15) is 40.8 Å². The van der Waals surface area contributed by atoms with E-state index in [0.717, 1.165) is 20.9 Å². The monoisotopic (exact) mass is 377 g/mol. The molecule has 0 aliphatic carbocycles. The Bertz CT molecular complexity index is 1050. The van der Waals surface area contributed by atoms with Crippen molar-refractivity contribution in [1.29, 1.82) is 0 Å². The maximum absolute atomic E-state index is 12.8. The fourth-order valence-electron chi connectivity index (χ4n) is 3.00. The number of carbonyl (C=O) groups is 1.